The van der Waals surface area contributed by atoms with Crippen molar-refractivity contribution in [1.82, 2.24) is 4.90 Å². The van der Waals surface area contributed by atoms with Crippen LogP contribution < -0.4 is 5.32 Å². The van der Waals surface area contributed by atoms with Gasteiger partial charge in [-0.25, -0.2) is 0 Å². The molecule has 0 saturated carbocycles. The fraction of sp³-hybridized carbons (Fsp3) is 0.588. The number of nitrogens with zero attached hydrogens (tertiary/aromatic N) is 1. The Morgan fingerprint density at radius 2 is 2.24 bits per heavy atom. The zero-order chi connectivity index (χ0) is 15.2. The average molecular weight is 309 g/mol. The standard InChI is InChI=1S/C17H25ClN2O/c1-3-15-6-4-5-10-20(15)11-9-17(21)19-16-12-14(18)8-7-13(16)2/h7-8,12,15H,3-6,9-11H2,1-2H3,(H,19,21). The van der Waals surface area contributed by atoms with Crippen molar-refractivity contribution in [3.63, 3.8) is 0 Å². The summed E-state index contributed by atoms with van der Waals surface area (Å²) in [6.45, 7) is 6.19. The molecule has 2 rings (SSSR count). The number of likely N-dealkylation sites (tertiary alicyclic amines) is 1. The van der Waals surface area contributed by atoms with Gasteiger partial charge in [0.2, 0.25) is 5.91 Å². The van der Waals surface area contributed by atoms with Gasteiger partial charge < -0.3 is 5.32 Å². The topological polar surface area (TPSA) is 32.3 Å². The van der Waals surface area contributed by atoms with Crippen LogP contribution in [-0.2, 0) is 4.79 Å². The first kappa shape index (κ1) is 16.3. The molecule has 21 heavy (non-hydrogen) atoms. The van der Waals surface area contributed by atoms with Crippen LogP contribution in [0.1, 0.15) is 44.6 Å². The summed E-state index contributed by atoms with van der Waals surface area (Å²) in [6.07, 6.45) is 5.57. The predicted octanol–water partition coefficient (Wildman–Crippen LogP) is 4.24. The Morgan fingerprint density at radius 3 is 3.00 bits per heavy atom. The number of piperidine rings is 1. The predicted molar refractivity (Wildman–Crippen MR) is 88.9 cm³/mol. The molecule has 1 heterocycles. The molecule has 116 valence electrons. The van der Waals surface area contributed by atoms with Crippen molar-refractivity contribution in [2.24, 2.45) is 0 Å². The Morgan fingerprint density at radius 1 is 1.43 bits per heavy atom. The Balaban J connectivity index is 1.85. The monoisotopic (exact) mass is 308 g/mol. The van der Waals surface area contributed by atoms with Gasteiger partial charge in [-0.3, -0.25) is 9.69 Å². The number of hydrogen-bond acceptors (Lipinski definition) is 2. The average Bonchev–Trinajstić information content (AvgIpc) is 2.49. The largest absolute Gasteiger partial charge is 0.326 e. The second-order valence-corrected chi connectivity index (χ2v) is 6.29. The second-order valence-electron chi connectivity index (χ2n) is 5.85. The summed E-state index contributed by atoms with van der Waals surface area (Å²) in [7, 11) is 0. The van der Waals surface area contributed by atoms with Crippen LogP contribution in [0.5, 0.6) is 0 Å². The number of benzene rings is 1. The molecule has 0 aliphatic carbocycles. The smallest absolute Gasteiger partial charge is 0.225 e. The highest BCUT2D eigenvalue weighted by Gasteiger charge is 2.21. The maximum Gasteiger partial charge on any atom is 0.225 e. The lowest BCUT2D eigenvalue weighted by atomic mass is 10.00. The maximum atomic E-state index is 12.1. The van der Waals surface area contributed by atoms with Crippen molar-refractivity contribution in [3.05, 3.63) is 28.8 Å². The van der Waals surface area contributed by atoms with Crippen molar-refractivity contribution in [2.45, 2.75) is 52.0 Å². The lowest BCUT2D eigenvalue weighted by Crippen LogP contribution is -2.40. The number of halogens is 1. The SMILES string of the molecule is CCC1CCCCN1CCC(=O)Nc1cc(Cl)ccc1C. The summed E-state index contributed by atoms with van der Waals surface area (Å²) in [4.78, 5) is 14.6. The molecule has 1 aromatic carbocycles. The van der Waals surface area contributed by atoms with Crippen LogP contribution in [0.3, 0.4) is 0 Å². The van der Waals surface area contributed by atoms with Crippen LogP contribution in [0.15, 0.2) is 18.2 Å². The quantitative estimate of drug-likeness (QED) is 0.882. The van der Waals surface area contributed by atoms with Crippen molar-refractivity contribution < 1.29 is 4.79 Å². The van der Waals surface area contributed by atoms with Crippen LogP contribution in [0.4, 0.5) is 5.69 Å². The van der Waals surface area contributed by atoms with E-state index in [0.29, 0.717) is 17.5 Å². The van der Waals surface area contributed by atoms with Gasteiger partial charge in [-0.05, 0) is 50.4 Å². The van der Waals surface area contributed by atoms with E-state index in [9.17, 15) is 4.79 Å². The third-order valence-corrected chi connectivity index (χ3v) is 4.56. The zero-order valence-corrected chi connectivity index (χ0v) is 13.7. The fourth-order valence-corrected chi connectivity index (χ4v) is 3.18. The molecule has 1 atom stereocenters. The third-order valence-electron chi connectivity index (χ3n) is 4.32. The minimum atomic E-state index is 0.0702. The summed E-state index contributed by atoms with van der Waals surface area (Å²) < 4.78 is 0. The normalized spacial score (nSPS) is 19.5. The summed E-state index contributed by atoms with van der Waals surface area (Å²) in [5.41, 5.74) is 1.86. The number of rotatable bonds is 5. The highest BCUT2D eigenvalue weighted by Crippen LogP contribution is 2.21. The Hall–Kier alpha value is -1.06. The zero-order valence-electron chi connectivity index (χ0n) is 13.0. The number of amides is 1. The molecular formula is C17H25ClN2O. The summed E-state index contributed by atoms with van der Waals surface area (Å²) in [6, 6.07) is 6.23. The highest BCUT2D eigenvalue weighted by atomic mass is 35.5. The van der Waals surface area contributed by atoms with Crippen LogP contribution in [-0.4, -0.2) is 29.9 Å². The van der Waals surface area contributed by atoms with Crippen molar-refractivity contribution in [1.29, 1.82) is 0 Å². The molecule has 1 saturated heterocycles. The first-order chi connectivity index (χ1) is 10.1. The lowest BCUT2D eigenvalue weighted by molar-refractivity contribution is -0.116. The number of hydrogen-bond donors (Lipinski definition) is 1. The van der Waals surface area contributed by atoms with Crippen LogP contribution in [0, 0.1) is 6.92 Å². The summed E-state index contributed by atoms with van der Waals surface area (Å²) in [5.74, 6) is 0.0702. The third kappa shape index (κ3) is 4.72. The van der Waals surface area contributed by atoms with Gasteiger partial charge in [0.25, 0.3) is 0 Å². The van der Waals surface area contributed by atoms with E-state index in [1.807, 2.05) is 25.1 Å². The molecule has 0 radical (unpaired) electrons. The lowest BCUT2D eigenvalue weighted by Gasteiger charge is -2.35. The Kier molecular flexibility index (Phi) is 6.07. The molecule has 1 unspecified atom stereocenters. The second kappa shape index (κ2) is 7.81. The van der Waals surface area contributed by atoms with E-state index in [4.69, 9.17) is 11.6 Å². The number of carbonyl (C=O) groups is 1. The van der Waals surface area contributed by atoms with Gasteiger partial charge >= 0.3 is 0 Å². The van der Waals surface area contributed by atoms with Crippen molar-refractivity contribution in [3.8, 4) is 0 Å². The molecule has 1 aliphatic rings. The van der Waals surface area contributed by atoms with E-state index >= 15 is 0 Å². The van der Waals surface area contributed by atoms with Gasteiger partial charge in [-0.1, -0.05) is 31.0 Å². The molecule has 1 aromatic rings. The molecule has 4 heteroatoms. The van der Waals surface area contributed by atoms with Crippen LogP contribution in [0.25, 0.3) is 0 Å². The molecule has 1 aliphatic heterocycles. The molecule has 1 fully saturated rings. The van der Waals surface area contributed by atoms with E-state index in [-0.39, 0.29) is 5.91 Å². The van der Waals surface area contributed by atoms with E-state index in [1.165, 1.54) is 25.7 Å². The molecule has 0 spiro atoms. The summed E-state index contributed by atoms with van der Waals surface area (Å²) >= 11 is 5.98. The molecule has 1 amide bonds. The molecular weight excluding hydrogens is 284 g/mol. The minimum Gasteiger partial charge on any atom is -0.326 e. The molecule has 3 nitrogen and oxygen atoms in total. The Labute approximate surface area is 132 Å². The van der Waals surface area contributed by atoms with Gasteiger partial charge in [0.05, 0.1) is 0 Å². The first-order valence-electron chi connectivity index (χ1n) is 7.90. The number of nitrogens with one attached hydrogen (secondary N) is 1. The van der Waals surface area contributed by atoms with Crippen LogP contribution >= 0.6 is 11.6 Å². The van der Waals surface area contributed by atoms with Gasteiger partial charge in [0.1, 0.15) is 0 Å². The van der Waals surface area contributed by atoms with E-state index in [0.717, 1.165) is 24.3 Å². The Bertz CT molecular complexity index is 490. The van der Waals surface area contributed by atoms with E-state index in [1.54, 1.807) is 0 Å². The molecule has 0 bridgehead atoms. The maximum absolute atomic E-state index is 12.1. The van der Waals surface area contributed by atoms with Gasteiger partial charge in [0, 0.05) is 29.7 Å². The fourth-order valence-electron chi connectivity index (χ4n) is 3.00. The highest BCUT2D eigenvalue weighted by molar-refractivity contribution is 6.31. The summed E-state index contributed by atoms with van der Waals surface area (Å²) in [5, 5.41) is 3.62. The van der Waals surface area contributed by atoms with Crippen molar-refractivity contribution >= 4 is 23.2 Å². The number of carbonyl (C=O) groups excluding carboxylic acids is 1. The van der Waals surface area contributed by atoms with Crippen molar-refractivity contribution in [2.75, 3.05) is 18.4 Å². The van der Waals surface area contributed by atoms with Gasteiger partial charge in [-0.15, -0.1) is 0 Å². The van der Waals surface area contributed by atoms with Gasteiger partial charge in [-0.2, -0.15) is 0 Å². The number of aryl methyl sites for hydroxylation is 1. The van der Waals surface area contributed by atoms with E-state index in [2.05, 4.69) is 17.1 Å². The molecule has 1 N–H and O–H groups in total. The minimum absolute atomic E-state index is 0.0702. The van der Waals surface area contributed by atoms with Gasteiger partial charge in [0.15, 0.2) is 0 Å². The number of anilines is 1. The van der Waals surface area contributed by atoms with E-state index < -0.39 is 0 Å². The first-order valence-corrected chi connectivity index (χ1v) is 8.28. The molecule has 0 aromatic heterocycles. The van der Waals surface area contributed by atoms with Crippen LogP contribution in [0.2, 0.25) is 5.02 Å².